The Balaban J connectivity index is 1.47. The van der Waals surface area contributed by atoms with Crippen molar-refractivity contribution >= 4 is 28.9 Å². The molecule has 0 amide bonds. The van der Waals surface area contributed by atoms with E-state index < -0.39 is 23.6 Å². The smallest absolute Gasteiger partial charge is 0.305 e. The van der Waals surface area contributed by atoms with Gasteiger partial charge in [-0.3, -0.25) is 14.6 Å². The molecule has 0 saturated heterocycles. The van der Waals surface area contributed by atoms with Crippen LogP contribution in [0.2, 0.25) is 5.02 Å². The average molecular weight is 511 g/mol. The predicted octanol–water partition coefficient (Wildman–Crippen LogP) is 5.18. The molecule has 0 N–H and O–H groups in total. The van der Waals surface area contributed by atoms with Gasteiger partial charge in [-0.25, -0.2) is 4.99 Å². The van der Waals surface area contributed by atoms with E-state index in [2.05, 4.69) is 16.1 Å². The van der Waals surface area contributed by atoms with Crippen LogP contribution in [-0.4, -0.2) is 34.6 Å². The van der Waals surface area contributed by atoms with Gasteiger partial charge >= 0.3 is 6.18 Å². The van der Waals surface area contributed by atoms with Crippen LogP contribution in [0.5, 0.6) is 0 Å². The zero-order chi connectivity index (χ0) is 26.0. The fraction of sp³-hybridized carbons (Fsp3) is 0.192. The maximum atomic E-state index is 12.9. The number of halogens is 4. The van der Waals surface area contributed by atoms with Crippen molar-refractivity contribution in [2.75, 3.05) is 6.54 Å². The van der Waals surface area contributed by atoms with Gasteiger partial charge in [0.25, 0.3) is 5.56 Å². The van der Waals surface area contributed by atoms with E-state index in [0.29, 0.717) is 32.8 Å². The van der Waals surface area contributed by atoms with Crippen molar-refractivity contribution in [3.8, 4) is 17.2 Å². The van der Waals surface area contributed by atoms with Crippen LogP contribution >= 0.6 is 11.6 Å². The molecule has 6 nitrogen and oxygen atoms in total. The highest BCUT2D eigenvalue weighted by atomic mass is 35.5. The number of Topliss-reactive ketones (excluding diaryl/α,β-unsaturated/α-hetero) is 1. The van der Waals surface area contributed by atoms with E-state index in [1.54, 1.807) is 55.5 Å². The summed E-state index contributed by atoms with van der Waals surface area (Å²) in [4.78, 5) is 32.6. The fourth-order valence-corrected chi connectivity index (χ4v) is 3.98. The molecule has 1 atom stereocenters. The van der Waals surface area contributed by atoms with E-state index in [9.17, 15) is 28.0 Å². The quantitative estimate of drug-likeness (QED) is 0.458. The molecule has 10 heteroatoms. The van der Waals surface area contributed by atoms with Crippen molar-refractivity contribution in [2.45, 2.75) is 25.6 Å². The lowest BCUT2D eigenvalue weighted by molar-refractivity contribution is -0.121. The Kier molecular flexibility index (Phi) is 6.91. The van der Waals surface area contributed by atoms with E-state index in [4.69, 9.17) is 11.6 Å². The molecule has 4 rings (SSSR count). The number of aromatic nitrogens is 1. The average Bonchev–Trinajstić information content (AvgIpc) is 3.35. The third-order valence-corrected chi connectivity index (χ3v) is 6.02. The summed E-state index contributed by atoms with van der Waals surface area (Å²) in [6.07, 6.45) is -3.06. The van der Waals surface area contributed by atoms with Crippen LogP contribution in [0, 0.1) is 11.3 Å². The van der Waals surface area contributed by atoms with Gasteiger partial charge in [0.1, 0.15) is 0 Å². The Labute approximate surface area is 209 Å². The van der Waals surface area contributed by atoms with Crippen LogP contribution in [0.3, 0.4) is 0 Å². The molecule has 1 aliphatic rings. The van der Waals surface area contributed by atoms with Crippen LogP contribution < -0.4 is 5.56 Å². The molecule has 1 unspecified atom stereocenters. The van der Waals surface area contributed by atoms with Gasteiger partial charge in [0.05, 0.1) is 29.9 Å². The first-order valence-corrected chi connectivity index (χ1v) is 11.2. The van der Waals surface area contributed by atoms with E-state index in [-0.39, 0.29) is 24.5 Å². The number of benzene rings is 2. The number of nitriles is 1. The van der Waals surface area contributed by atoms with E-state index in [1.165, 1.54) is 16.8 Å². The van der Waals surface area contributed by atoms with Crippen LogP contribution in [0.15, 0.2) is 75.6 Å². The number of pyridine rings is 1. The zero-order valence-corrected chi connectivity index (χ0v) is 19.6. The highest BCUT2D eigenvalue weighted by molar-refractivity contribution is 6.31. The summed E-state index contributed by atoms with van der Waals surface area (Å²) >= 11 is 6.04. The molecule has 0 saturated carbocycles. The summed E-state index contributed by atoms with van der Waals surface area (Å²) in [5, 5.41) is 9.77. The number of carbonyl (C=O) groups is 1. The number of hydrogen-bond acceptors (Lipinski definition) is 5. The predicted molar refractivity (Wildman–Crippen MR) is 131 cm³/mol. The standard InChI is InChI=1S/C26H18ClF3N4O2/c1-15(34-9-8-18(11-24(34)36)21-12-20(27)7-6-19(21)13-31)23(35)10-16-2-4-17(5-3-16)22-14-32-25(33-22)26(28,29)30/h2-9,11-12,15H,10,14H2,1H3. The molecule has 1 aromatic heterocycles. The summed E-state index contributed by atoms with van der Waals surface area (Å²) in [6, 6.07) is 15.5. The highest BCUT2D eigenvalue weighted by Gasteiger charge is 2.38. The van der Waals surface area contributed by atoms with Gasteiger partial charge in [0, 0.05) is 29.3 Å². The van der Waals surface area contributed by atoms with Crippen molar-refractivity contribution in [3.63, 3.8) is 0 Å². The minimum Gasteiger partial charge on any atom is -0.305 e. The van der Waals surface area contributed by atoms with Gasteiger partial charge in [-0.15, -0.1) is 0 Å². The molecule has 3 aromatic rings. The third kappa shape index (κ3) is 5.29. The van der Waals surface area contributed by atoms with E-state index in [1.807, 2.05) is 0 Å². The van der Waals surface area contributed by atoms with Crippen LogP contribution in [-0.2, 0) is 11.2 Å². The molecule has 0 fully saturated rings. The second-order valence-electron chi connectivity index (χ2n) is 8.17. The number of rotatable bonds is 6. The van der Waals surface area contributed by atoms with Crippen molar-refractivity contribution < 1.29 is 18.0 Å². The summed E-state index contributed by atoms with van der Waals surface area (Å²) in [5.41, 5.74) is 2.34. The number of ketones is 1. The van der Waals surface area contributed by atoms with Crippen molar-refractivity contribution in [1.29, 1.82) is 5.26 Å². The monoisotopic (exact) mass is 510 g/mol. The van der Waals surface area contributed by atoms with Gasteiger partial charge in [-0.05, 0) is 47.9 Å². The lowest BCUT2D eigenvalue weighted by Gasteiger charge is -2.15. The van der Waals surface area contributed by atoms with Crippen LogP contribution in [0.1, 0.15) is 29.7 Å². The fourth-order valence-electron chi connectivity index (χ4n) is 3.81. The van der Waals surface area contributed by atoms with Crippen molar-refractivity contribution in [2.24, 2.45) is 9.98 Å². The van der Waals surface area contributed by atoms with Crippen LogP contribution in [0.4, 0.5) is 13.2 Å². The van der Waals surface area contributed by atoms with Crippen molar-refractivity contribution in [1.82, 2.24) is 4.57 Å². The Morgan fingerprint density at radius 3 is 2.47 bits per heavy atom. The third-order valence-electron chi connectivity index (χ3n) is 5.78. The summed E-state index contributed by atoms with van der Waals surface area (Å²) < 4.78 is 39.5. The van der Waals surface area contributed by atoms with Crippen LogP contribution in [0.25, 0.3) is 11.1 Å². The van der Waals surface area contributed by atoms with Crippen molar-refractivity contribution in [3.05, 3.63) is 92.9 Å². The molecular formula is C26H18ClF3N4O2. The largest absolute Gasteiger partial charge is 0.451 e. The Bertz CT molecular complexity index is 1500. The molecule has 0 aliphatic carbocycles. The topological polar surface area (TPSA) is 87.6 Å². The Morgan fingerprint density at radius 2 is 1.86 bits per heavy atom. The molecule has 2 aromatic carbocycles. The zero-order valence-electron chi connectivity index (χ0n) is 18.9. The minimum absolute atomic E-state index is 0.0271. The number of nitrogens with zero attached hydrogens (tertiary/aromatic N) is 4. The number of hydrogen-bond donors (Lipinski definition) is 0. The first kappa shape index (κ1) is 25.1. The second kappa shape index (κ2) is 9.91. The lowest BCUT2D eigenvalue weighted by Crippen LogP contribution is -2.28. The number of aliphatic imine (C=N–C) groups is 2. The summed E-state index contributed by atoms with van der Waals surface area (Å²) in [5.74, 6) is -1.37. The number of carbonyl (C=O) groups excluding carboxylic acids is 1. The van der Waals surface area contributed by atoms with Gasteiger partial charge in [-0.2, -0.15) is 18.4 Å². The molecule has 182 valence electrons. The van der Waals surface area contributed by atoms with Gasteiger partial charge in [-0.1, -0.05) is 35.9 Å². The molecule has 0 bridgehead atoms. The number of alkyl halides is 3. The van der Waals surface area contributed by atoms with E-state index in [0.717, 1.165) is 0 Å². The molecule has 36 heavy (non-hydrogen) atoms. The molecule has 1 aliphatic heterocycles. The Morgan fingerprint density at radius 1 is 1.14 bits per heavy atom. The normalized spacial score (nSPS) is 14.1. The maximum absolute atomic E-state index is 12.9. The molecular weight excluding hydrogens is 493 g/mol. The molecule has 0 radical (unpaired) electrons. The van der Waals surface area contributed by atoms with Gasteiger partial charge < -0.3 is 4.57 Å². The molecule has 2 heterocycles. The van der Waals surface area contributed by atoms with Gasteiger partial charge in [0.2, 0.25) is 5.84 Å². The first-order chi connectivity index (χ1) is 17.1. The first-order valence-electron chi connectivity index (χ1n) is 10.8. The van der Waals surface area contributed by atoms with E-state index >= 15 is 0 Å². The SMILES string of the molecule is CC(C(=O)Cc1ccc(C2=NC(C(F)(F)F)=NC2)cc1)n1ccc(-c2cc(Cl)ccc2C#N)cc1=O. The lowest BCUT2D eigenvalue weighted by atomic mass is 10.00. The summed E-state index contributed by atoms with van der Waals surface area (Å²) in [6.45, 7) is 1.45. The Hall–Kier alpha value is -4.03. The minimum atomic E-state index is -4.59. The summed E-state index contributed by atoms with van der Waals surface area (Å²) in [7, 11) is 0. The highest BCUT2D eigenvalue weighted by Crippen LogP contribution is 2.26. The maximum Gasteiger partial charge on any atom is 0.451 e. The van der Waals surface area contributed by atoms with Gasteiger partial charge in [0.15, 0.2) is 5.78 Å². The molecule has 0 spiro atoms. The number of amidine groups is 1. The second-order valence-corrected chi connectivity index (χ2v) is 8.61.